The summed E-state index contributed by atoms with van der Waals surface area (Å²) in [4.78, 5) is 17.6. The highest BCUT2D eigenvalue weighted by Gasteiger charge is 2.13. The van der Waals surface area contributed by atoms with Gasteiger partial charge in [-0.15, -0.1) is 0 Å². The molecule has 0 aliphatic carbocycles. The minimum Gasteiger partial charge on any atom is -1.00 e. The second kappa shape index (κ2) is 17.7. The Labute approximate surface area is 304 Å². The summed E-state index contributed by atoms with van der Waals surface area (Å²) in [5.74, 6) is 0.894. The number of aromatic amines is 2. The molecule has 6 nitrogen and oxygen atoms in total. The summed E-state index contributed by atoms with van der Waals surface area (Å²) in [7, 11) is 6.64. The highest BCUT2D eigenvalue weighted by atomic mass is 35.5. The molecule has 2 N–H and O–H groups in total. The summed E-state index contributed by atoms with van der Waals surface area (Å²) < 4.78 is 7.03. The number of halogens is 1. The number of ether oxygens (including phenoxy) is 1. The van der Waals surface area contributed by atoms with Crippen molar-refractivity contribution in [3.05, 3.63) is 89.0 Å². The molecule has 3 aromatic heterocycles. The van der Waals surface area contributed by atoms with Crippen LogP contribution in [0, 0.1) is 0 Å². The highest BCUT2D eigenvalue weighted by molar-refractivity contribution is 5.94. The van der Waals surface area contributed by atoms with Gasteiger partial charge >= 0.3 is 0 Å². The first-order valence-corrected chi connectivity index (χ1v) is 18.5. The summed E-state index contributed by atoms with van der Waals surface area (Å²) in [5, 5.41) is 0. The Morgan fingerprint density at radius 2 is 1.16 bits per heavy atom. The Hall–Kier alpha value is -4.13. The molecule has 2 aliphatic rings. The number of benzene rings is 1. The van der Waals surface area contributed by atoms with Crippen molar-refractivity contribution in [2.45, 2.75) is 77.6 Å². The number of unbranched alkanes of at least 4 members (excludes halogenated alkanes) is 8. The number of H-pyrrole nitrogens is 2. The lowest BCUT2D eigenvalue weighted by Crippen LogP contribution is -3.00. The van der Waals surface area contributed by atoms with Crippen molar-refractivity contribution >= 4 is 46.4 Å². The highest BCUT2D eigenvalue weighted by Crippen LogP contribution is 2.31. The van der Waals surface area contributed by atoms with E-state index in [9.17, 15) is 0 Å². The Balaban J connectivity index is 0.00000486. The van der Waals surface area contributed by atoms with Gasteiger partial charge in [0.05, 0.1) is 57.1 Å². The maximum Gasteiger partial charge on any atom is 0.119 e. The summed E-state index contributed by atoms with van der Waals surface area (Å²) in [6.45, 7) is 4.07. The Morgan fingerprint density at radius 3 is 1.70 bits per heavy atom. The van der Waals surface area contributed by atoms with Gasteiger partial charge in [0.1, 0.15) is 5.75 Å². The molecule has 0 saturated heterocycles. The first-order valence-electron chi connectivity index (χ1n) is 18.5. The molecular weight excluding hydrogens is 638 g/mol. The normalized spacial score (nSPS) is 12.3. The van der Waals surface area contributed by atoms with Gasteiger partial charge in [-0.2, -0.15) is 0 Å². The van der Waals surface area contributed by atoms with E-state index in [0.29, 0.717) is 6.61 Å². The van der Waals surface area contributed by atoms with Crippen molar-refractivity contribution in [1.82, 2.24) is 19.9 Å². The van der Waals surface area contributed by atoms with Crippen LogP contribution in [0.4, 0.5) is 0 Å². The first-order chi connectivity index (χ1) is 23.8. The van der Waals surface area contributed by atoms with E-state index in [0.717, 1.165) is 92.0 Å². The minimum atomic E-state index is 0. The second-order valence-corrected chi connectivity index (χ2v) is 14.6. The third-order valence-electron chi connectivity index (χ3n) is 9.42. The lowest BCUT2D eigenvalue weighted by molar-refractivity contribution is -0.870. The van der Waals surface area contributed by atoms with Crippen molar-refractivity contribution in [3.63, 3.8) is 0 Å². The fraction of sp³-hybridized carbons (Fsp3) is 0.395. The molecule has 6 rings (SSSR count). The summed E-state index contributed by atoms with van der Waals surface area (Å²) >= 11 is 0. The molecule has 4 aromatic rings. The molecule has 1 aromatic carbocycles. The van der Waals surface area contributed by atoms with Gasteiger partial charge in [0, 0.05) is 39.6 Å². The van der Waals surface area contributed by atoms with E-state index < -0.39 is 0 Å². The van der Waals surface area contributed by atoms with Crippen LogP contribution in [0.5, 0.6) is 5.75 Å². The largest absolute Gasteiger partial charge is 1.00 e. The number of aromatic nitrogens is 4. The van der Waals surface area contributed by atoms with Gasteiger partial charge in [0.25, 0.3) is 0 Å². The smallest absolute Gasteiger partial charge is 0.119 e. The molecule has 5 heterocycles. The topological polar surface area (TPSA) is 66.6 Å². The van der Waals surface area contributed by atoms with Crippen LogP contribution in [0.1, 0.15) is 99.5 Å². The van der Waals surface area contributed by atoms with Gasteiger partial charge < -0.3 is 31.6 Å². The number of nitrogens with one attached hydrogen (secondary N) is 2. The van der Waals surface area contributed by atoms with Crippen LogP contribution in [-0.4, -0.2) is 58.7 Å². The van der Waals surface area contributed by atoms with E-state index in [2.05, 4.69) is 123 Å². The van der Waals surface area contributed by atoms with Gasteiger partial charge in [-0.25, -0.2) is 9.97 Å². The van der Waals surface area contributed by atoms with Crippen molar-refractivity contribution < 1.29 is 21.6 Å². The van der Waals surface area contributed by atoms with Crippen molar-refractivity contribution in [1.29, 1.82) is 0 Å². The monoisotopic (exact) mass is 691 g/mol. The molecule has 0 amide bonds. The molecular formula is C43H54ClN5O. The number of nitrogens with zero attached hydrogens (tertiary/aromatic N) is 3. The number of quaternary nitrogens is 1. The van der Waals surface area contributed by atoms with Gasteiger partial charge in [-0.3, -0.25) is 0 Å². The number of fused-ring (bicyclic) bond motifs is 8. The van der Waals surface area contributed by atoms with Crippen molar-refractivity contribution in [3.8, 4) is 16.9 Å². The molecule has 8 bridgehead atoms. The number of hydrogen-bond acceptors (Lipinski definition) is 3. The molecule has 0 saturated carbocycles. The molecule has 264 valence electrons. The van der Waals surface area contributed by atoms with Gasteiger partial charge in [-0.05, 0) is 91.2 Å². The van der Waals surface area contributed by atoms with Gasteiger partial charge in [0.15, 0.2) is 0 Å². The average Bonchev–Trinajstić information content (AvgIpc) is 3.91. The first kappa shape index (κ1) is 37.1. The van der Waals surface area contributed by atoms with E-state index in [1.54, 1.807) is 0 Å². The molecule has 0 atom stereocenters. The molecule has 0 unspecified atom stereocenters. The van der Waals surface area contributed by atoms with E-state index in [-0.39, 0.29) is 12.4 Å². The predicted octanol–water partition coefficient (Wildman–Crippen LogP) is 7.88. The standard InChI is InChI=1S/C43H54N5O.ClH/c1-5-6-7-8-9-10-11-12-13-15-38-39-24-18-33(44-39)30-35-20-26-41(46-35)43(42-27-21-36(47-42)31-34-19-25-40(38)45-34)32-16-22-37(23-17-32)49-29-14-28-48(2,3)4;/h16-27,30-31,46-47H,5-15,28-29H2,1-4H3;1H/q+1;/p-1. The fourth-order valence-electron chi connectivity index (χ4n) is 6.76. The van der Waals surface area contributed by atoms with Crippen molar-refractivity contribution in [2.75, 3.05) is 34.3 Å². The zero-order valence-corrected chi connectivity index (χ0v) is 31.2. The number of hydrogen-bond donors (Lipinski definition) is 2. The molecule has 0 radical (unpaired) electrons. The maximum atomic E-state index is 6.09. The van der Waals surface area contributed by atoms with E-state index in [1.807, 2.05) is 0 Å². The van der Waals surface area contributed by atoms with E-state index in [4.69, 9.17) is 14.7 Å². The molecule has 0 spiro atoms. The van der Waals surface area contributed by atoms with E-state index in [1.165, 1.54) is 56.9 Å². The molecule has 0 fully saturated rings. The zero-order chi connectivity index (χ0) is 34.1. The Morgan fingerprint density at radius 1 is 0.620 bits per heavy atom. The molecule has 7 heteroatoms. The van der Waals surface area contributed by atoms with Gasteiger partial charge in [-0.1, -0.05) is 70.4 Å². The Kier molecular flexibility index (Phi) is 13.1. The SMILES string of the molecule is CCCCCCCCCCCc1c2nc(cc3ccc([nH]3)c(-c3ccc(OCCC[N+](C)(C)C)cc3)c3ccc(cc4nc1C=C4)[nH]3)C=C2.[Cl-]. The summed E-state index contributed by atoms with van der Waals surface area (Å²) in [6, 6.07) is 21.3. The maximum absolute atomic E-state index is 6.09. The molecule has 50 heavy (non-hydrogen) atoms. The zero-order valence-electron chi connectivity index (χ0n) is 30.4. The minimum absolute atomic E-state index is 0. The summed E-state index contributed by atoms with van der Waals surface area (Å²) in [5.41, 5.74) is 11.6. The quantitative estimate of drug-likeness (QED) is 0.0802. The van der Waals surface area contributed by atoms with Crippen LogP contribution in [-0.2, 0) is 6.42 Å². The predicted molar refractivity (Wildman–Crippen MR) is 208 cm³/mol. The second-order valence-electron chi connectivity index (χ2n) is 14.6. The van der Waals surface area contributed by atoms with Crippen LogP contribution in [0.25, 0.3) is 57.5 Å². The third kappa shape index (κ3) is 10.2. The fourth-order valence-corrected chi connectivity index (χ4v) is 6.76. The van der Waals surface area contributed by atoms with Crippen LogP contribution in [0.15, 0.2) is 60.7 Å². The average molecular weight is 692 g/mol. The number of rotatable bonds is 16. The lowest BCUT2D eigenvalue weighted by atomic mass is 10.0. The van der Waals surface area contributed by atoms with Crippen molar-refractivity contribution in [2.24, 2.45) is 0 Å². The lowest BCUT2D eigenvalue weighted by Gasteiger charge is -2.23. The van der Waals surface area contributed by atoms with Crippen LogP contribution < -0.4 is 17.1 Å². The van der Waals surface area contributed by atoms with E-state index >= 15 is 0 Å². The van der Waals surface area contributed by atoms with Crippen LogP contribution in [0.3, 0.4) is 0 Å². The third-order valence-corrected chi connectivity index (χ3v) is 9.42. The van der Waals surface area contributed by atoms with Crippen LogP contribution >= 0.6 is 0 Å². The van der Waals surface area contributed by atoms with Crippen LogP contribution in [0.2, 0.25) is 0 Å². The summed E-state index contributed by atoms with van der Waals surface area (Å²) in [6.07, 6.45) is 22.4. The molecule has 2 aliphatic heterocycles. The Bertz CT molecular complexity index is 1830. The van der Waals surface area contributed by atoms with Gasteiger partial charge in [0.2, 0.25) is 0 Å².